The van der Waals surface area contributed by atoms with Crippen molar-refractivity contribution < 1.29 is 8.42 Å². The molecule has 0 bridgehead atoms. The highest BCUT2D eigenvalue weighted by atomic mass is 35.7. The van der Waals surface area contributed by atoms with Crippen LogP contribution in [0.15, 0.2) is 0 Å². The SMILES string of the molecule is CC1(C)CCCC(CS(=O)(=O)Cl)C1. The van der Waals surface area contributed by atoms with Gasteiger partial charge in [-0.15, -0.1) is 0 Å². The first-order valence-corrected chi connectivity index (χ1v) is 7.19. The second kappa shape index (κ2) is 3.77. The summed E-state index contributed by atoms with van der Waals surface area (Å²) in [7, 11) is 1.93. The Kier molecular flexibility index (Phi) is 3.29. The van der Waals surface area contributed by atoms with Crippen molar-refractivity contribution in [1.29, 1.82) is 0 Å². The van der Waals surface area contributed by atoms with Gasteiger partial charge in [0.05, 0.1) is 5.75 Å². The molecule has 0 aliphatic heterocycles. The van der Waals surface area contributed by atoms with E-state index in [-0.39, 0.29) is 11.7 Å². The molecule has 0 aromatic carbocycles. The summed E-state index contributed by atoms with van der Waals surface area (Å²) in [5, 5.41) is 0. The minimum absolute atomic E-state index is 0.151. The molecule has 1 fully saturated rings. The van der Waals surface area contributed by atoms with Crippen LogP contribution in [0.25, 0.3) is 0 Å². The lowest BCUT2D eigenvalue weighted by atomic mass is 9.73. The molecule has 1 aliphatic carbocycles. The quantitative estimate of drug-likeness (QED) is 0.676. The fourth-order valence-electron chi connectivity index (χ4n) is 2.28. The fraction of sp³-hybridized carbons (Fsp3) is 1.00. The molecular formula is C9H17ClO2S. The molecule has 1 saturated carbocycles. The maximum absolute atomic E-state index is 10.9. The van der Waals surface area contributed by atoms with Crippen LogP contribution in [0.1, 0.15) is 39.5 Å². The van der Waals surface area contributed by atoms with Crippen molar-refractivity contribution in [1.82, 2.24) is 0 Å². The molecule has 78 valence electrons. The largest absolute Gasteiger partial charge is 0.232 e. The van der Waals surface area contributed by atoms with Gasteiger partial charge in [-0.3, -0.25) is 0 Å². The first-order chi connectivity index (χ1) is 5.79. The monoisotopic (exact) mass is 224 g/mol. The fourth-order valence-corrected chi connectivity index (χ4v) is 3.66. The smallest absolute Gasteiger partial charge is 0.212 e. The van der Waals surface area contributed by atoms with Gasteiger partial charge in [-0.05, 0) is 30.6 Å². The second-order valence-corrected chi connectivity index (χ2v) is 7.65. The zero-order chi connectivity index (χ0) is 10.1. The molecule has 0 saturated heterocycles. The molecule has 0 aromatic heterocycles. The van der Waals surface area contributed by atoms with E-state index in [4.69, 9.17) is 10.7 Å². The van der Waals surface area contributed by atoms with Crippen LogP contribution >= 0.6 is 10.7 Å². The van der Waals surface area contributed by atoms with Crippen LogP contribution in [0.4, 0.5) is 0 Å². The lowest BCUT2D eigenvalue weighted by Crippen LogP contribution is -2.26. The summed E-state index contributed by atoms with van der Waals surface area (Å²) in [6.45, 7) is 4.39. The van der Waals surface area contributed by atoms with Gasteiger partial charge in [0.15, 0.2) is 0 Å². The normalized spacial score (nSPS) is 28.7. The Morgan fingerprint density at radius 1 is 1.46 bits per heavy atom. The Labute approximate surface area is 85.1 Å². The molecule has 1 aliphatic rings. The Hall–Kier alpha value is 0.240. The average molecular weight is 225 g/mol. The van der Waals surface area contributed by atoms with E-state index < -0.39 is 9.05 Å². The van der Waals surface area contributed by atoms with Crippen LogP contribution in [0.2, 0.25) is 0 Å². The van der Waals surface area contributed by atoms with Crippen LogP contribution in [-0.2, 0) is 9.05 Å². The third-order valence-electron chi connectivity index (χ3n) is 2.74. The topological polar surface area (TPSA) is 34.1 Å². The Morgan fingerprint density at radius 2 is 2.08 bits per heavy atom. The molecule has 0 radical (unpaired) electrons. The van der Waals surface area contributed by atoms with E-state index in [0.29, 0.717) is 5.41 Å². The molecule has 0 amide bonds. The van der Waals surface area contributed by atoms with Gasteiger partial charge in [0.25, 0.3) is 0 Å². The number of rotatable bonds is 2. The Bertz CT molecular complexity index is 269. The number of halogens is 1. The van der Waals surface area contributed by atoms with Gasteiger partial charge in [0.1, 0.15) is 0 Å². The highest BCUT2D eigenvalue weighted by Crippen LogP contribution is 2.39. The highest BCUT2D eigenvalue weighted by molar-refractivity contribution is 8.13. The molecule has 2 nitrogen and oxygen atoms in total. The van der Waals surface area contributed by atoms with Gasteiger partial charge in [-0.25, -0.2) is 8.42 Å². The Balaban J connectivity index is 2.53. The second-order valence-electron chi connectivity index (χ2n) is 4.83. The molecule has 0 N–H and O–H groups in total. The maximum atomic E-state index is 10.9. The van der Waals surface area contributed by atoms with E-state index in [1.807, 2.05) is 0 Å². The molecule has 4 heteroatoms. The van der Waals surface area contributed by atoms with Gasteiger partial charge in [0.2, 0.25) is 9.05 Å². The van der Waals surface area contributed by atoms with E-state index in [0.717, 1.165) is 19.3 Å². The standard InChI is InChI=1S/C9H17ClO2S/c1-9(2)5-3-4-8(6-9)7-13(10,11)12/h8H,3-7H2,1-2H3. The van der Waals surface area contributed by atoms with Crippen LogP contribution in [0.3, 0.4) is 0 Å². The summed E-state index contributed by atoms with van der Waals surface area (Å²) >= 11 is 0. The van der Waals surface area contributed by atoms with E-state index >= 15 is 0 Å². The molecule has 1 unspecified atom stereocenters. The summed E-state index contributed by atoms with van der Waals surface area (Å²) in [6.07, 6.45) is 4.32. The van der Waals surface area contributed by atoms with E-state index in [9.17, 15) is 8.42 Å². The first kappa shape index (κ1) is 11.3. The Morgan fingerprint density at radius 3 is 2.54 bits per heavy atom. The van der Waals surface area contributed by atoms with Crippen molar-refractivity contribution in [3.05, 3.63) is 0 Å². The zero-order valence-electron chi connectivity index (χ0n) is 8.22. The third-order valence-corrected chi connectivity index (χ3v) is 3.99. The predicted molar refractivity (Wildman–Crippen MR) is 55.4 cm³/mol. The summed E-state index contributed by atoms with van der Waals surface area (Å²) in [6, 6.07) is 0. The van der Waals surface area contributed by atoms with Gasteiger partial charge in [-0.2, -0.15) is 0 Å². The molecule has 0 aromatic rings. The van der Waals surface area contributed by atoms with Gasteiger partial charge >= 0.3 is 0 Å². The lowest BCUT2D eigenvalue weighted by molar-refractivity contribution is 0.193. The van der Waals surface area contributed by atoms with Gasteiger partial charge < -0.3 is 0 Å². The van der Waals surface area contributed by atoms with Crippen LogP contribution < -0.4 is 0 Å². The van der Waals surface area contributed by atoms with Crippen LogP contribution in [0.5, 0.6) is 0 Å². The van der Waals surface area contributed by atoms with Crippen molar-refractivity contribution >= 4 is 19.7 Å². The summed E-state index contributed by atoms with van der Waals surface area (Å²) in [5.41, 5.74) is 0.296. The van der Waals surface area contributed by atoms with Crippen molar-refractivity contribution in [2.75, 3.05) is 5.75 Å². The van der Waals surface area contributed by atoms with E-state index in [1.165, 1.54) is 6.42 Å². The zero-order valence-corrected chi connectivity index (χ0v) is 9.79. The van der Waals surface area contributed by atoms with Gasteiger partial charge in [-0.1, -0.05) is 20.3 Å². The maximum Gasteiger partial charge on any atom is 0.232 e. The predicted octanol–water partition coefficient (Wildman–Crippen LogP) is 2.77. The van der Waals surface area contributed by atoms with Crippen molar-refractivity contribution in [2.45, 2.75) is 39.5 Å². The van der Waals surface area contributed by atoms with Crippen molar-refractivity contribution in [3.8, 4) is 0 Å². The minimum atomic E-state index is -3.30. The third kappa shape index (κ3) is 4.32. The van der Waals surface area contributed by atoms with Crippen LogP contribution in [-0.4, -0.2) is 14.2 Å². The summed E-state index contributed by atoms with van der Waals surface area (Å²) < 4.78 is 21.8. The molecular weight excluding hydrogens is 208 g/mol. The lowest BCUT2D eigenvalue weighted by Gasteiger charge is -2.34. The van der Waals surface area contributed by atoms with E-state index in [1.54, 1.807) is 0 Å². The molecule has 0 spiro atoms. The number of hydrogen-bond acceptors (Lipinski definition) is 2. The van der Waals surface area contributed by atoms with Crippen molar-refractivity contribution in [2.24, 2.45) is 11.3 Å². The molecule has 1 atom stereocenters. The molecule has 13 heavy (non-hydrogen) atoms. The minimum Gasteiger partial charge on any atom is -0.212 e. The summed E-state index contributed by atoms with van der Waals surface area (Å²) in [4.78, 5) is 0. The summed E-state index contributed by atoms with van der Waals surface area (Å²) in [5.74, 6) is 0.420. The molecule has 1 rings (SSSR count). The van der Waals surface area contributed by atoms with Crippen molar-refractivity contribution in [3.63, 3.8) is 0 Å². The highest BCUT2D eigenvalue weighted by Gasteiger charge is 2.30. The molecule has 0 heterocycles. The number of hydrogen-bond donors (Lipinski definition) is 0. The van der Waals surface area contributed by atoms with E-state index in [2.05, 4.69) is 13.8 Å². The first-order valence-electron chi connectivity index (χ1n) is 4.71. The van der Waals surface area contributed by atoms with Gasteiger partial charge in [0, 0.05) is 10.7 Å². The average Bonchev–Trinajstić information content (AvgIpc) is 1.79. The van der Waals surface area contributed by atoms with Crippen LogP contribution in [0, 0.1) is 11.3 Å².